The molecule has 5 nitrogen and oxygen atoms in total. The van der Waals surface area contributed by atoms with Crippen LogP contribution in [0.25, 0.3) is 33.3 Å². The standard InChI is InChI=1S/C22H21N3O2/c1-15-23-20-7-6-16(13-22(20)27-15)21-12-17(14-25-8-10-26-11-9-25)18-4-2-3-5-19(18)24-21/h2-7,12-13H,8-11,14H2,1H3. The molecule has 136 valence electrons. The minimum atomic E-state index is 0.682. The molecule has 1 saturated heterocycles. The predicted molar refractivity (Wildman–Crippen MR) is 106 cm³/mol. The number of pyridine rings is 1. The lowest BCUT2D eigenvalue weighted by atomic mass is 10.0. The summed E-state index contributed by atoms with van der Waals surface area (Å²) >= 11 is 0. The number of oxazole rings is 1. The molecule has 27 heavy (non-hydrogen) atoms. The van der Waals surface area contributed by atoms with Gasteiger partial charge in [-0.05, 0) is 29.8 Å². The molecule has 0 saturated carbocycles. The lowest BCUT2D eigenvalue weighted by molar-refractivity contribution is 0.0344. The molecule has 0 atom stereocenters. The van der Waals surface area contributed by atoms with Crippen LogP contribution in [0.15, 0.2) is 52.9 Å². The lowest BCUT2D eigenvalue weighted by Gasteiger charge is -2.27. The van der Waals surface area contributed by atoms with Gasteiger partial charge in [-0.2, -0.15) is 0 Å². The monoisotopic (exact) mass is 359 g/mol. The number of ether oxygens (including phenoxy) is 1. The molecule has 2 aromatic carbocycles. The van der Waals surface area contributed by atoms with E-state index in [4.69, 9.17) is 14.1 Å². The molecule has 5 heteroatoms. The lowest BCUT2D eigenvalue weighted by Crippen LogP contribution is -2.35. The largest absolute Gasteiger partial charge is 0.441 e. The minimum absolute atomic E-state index is 0.682. The third-order valence-corrected chi connectivity index (χ3v) is 5.09. The van der Waals surface area contributed by atoms with E-state index in [1.807, 2.05) is 25.1 Å². The van der Waals surface area contributed by atoms with Crippen molar-refractivity contribution in [1.29, 1.82) is 0 Å². The Kier molecular flexibility index (Phi) is 4.11. The molecule has 0 unspecified atom stereocenters. The summed E-state index contributed by atoms with van der Waals surface area (Å²) in [5.74, 6) is 0.682. The van der Waals surface area contributed by atoms with Gasteiger partial charge in [-0.15, -0.1) is 0 Å². The van der Waals surface area contributed by atoms with Crippen LogP contribution in [-0.2, 0) is 11.3 Å². The van der Waals surface area contributed by atoms with Crippen LogP contribution in [0.4, 0.5) is 0 Å². The predicted octanol–water partition coefficient (Wildman–Crippen LogP) is 4.18. The van der Waals surface area contributed by atoms with Crippen LogP contribution >= 0.6 is 0 Å². The van der Waals surface area contributed by atoms with Crippen molar-refractivity contribution in [3.05, 3.63) is 60.0 Å². The Bertz CT molecular complexity index is 1110. The summed E-state index contributed by atoms with van der Waals surface area (Å²) in [5.41, 5.74) is 6.01. The number of morpholine rings is 1. The highest BCUT2D eigenvalue weighted by molar-refractivity contribution is 5.86. The normalized spacial score (nSPS) is 15.6. The summed E-state index contributed by atoms with van der Waals surface area (Å²) in [6, 6.07) is 16.7. The maximum Gasteiger partial charge on any atom is 0.192 e. The number of rotatable bonds is 3. The van der Waals surface area contributed by atoms with Crippen molar-refractivity contribution in [2.75, 3.05) is 26.3 Å². The number of hydrogen-bond donors (Lipinski definition) is 0. The Morgan fingerprint density at radius 3 is 2.70 bits per heavy atom. The second-order valence-electron chi connectivity index (χ2n) is 6.99. The highest BCUT2D eigenvalue weighted by atomic mass is 16.5. The number of fused-ring (bicyclic) bond motifs is 2. The molecule has 5 rings (SSSR count). The topological polar surface area (TPSA) is 51.4 Å². The summed E-state index contributed by atoms with van der Waals surface area (Å²) in [6.45, 7) is 6.32. The Labute approximate surface area is 157 Å². The van der Waals surface area contributed by atoms with Crippen LogP contribution in [0.5, 0.6) is 0 Å². The number of para-hydroxylation sites is 1. The molecule has 1 aliphatic rings. The van der Waals surface area contributed by atoms with E-state index < -0.39 is 0 Å². The van der Waals surface area contributed by atoms with Gasteiger partial charge in [0.15, 0.2) is 11.5 Å². The second-order valence-corrected chi connectivity index (χ2v) is 6.99. The van der Waals surface area contributed by atoms with Gasteiger partial charge in [0.25, 0.3) is 0 Å². The van der Waals surface area contributed by atoms with Gasteiger partial charge in [-0.3, -0.25) is 4.90 Å². The van der Waals surface area contributed by atoms with E-state index >= 15 is 0 Å². The van der Waals surface area contributed by atoms with E-state index in [0.29, 0.717) is 5.89 Å². The SMILES string of the molecule is Cc1nc2ccc(-c3cc(CN4CCOCC4)c4ccccc4n3)cc2o1. The van der Waals surface area contributed by atoms with Crippen molar-refractivity contribution < 1.29 is 9.15 Å². The van der Waals surface area contributed by atoms with E-state index in [1.165, 1.54) is 10.9 Å². The first-order valence-electron chi connectivity index (χ1n) is 9.32. The average molecular weight is 359 g/mol. The zero-order valence-corrected chi connectivity index (χ0v) is 15.3. The zero-order chi connectivity index (χ0) is 18.2. The van der Waals surface area contributed by atoms with Gasteiger partial charge in [0, 0.05) is 37.5 Å². The molecule has 3 heterocycles. The number of aromatic nitrogens is 2. The fraction of sp³-hybridized carbons (Fsp3) is 0.273. The highest BCUT2D eigenvalue weighted by Crippen LogP contribution is 2.28. The van der Waals surface area contributed by atoms with Gasteiger partial charge in [-0.25, -0.2) is 9.97 Å². The van der Waals surface area contributed by atoms with Crippen LogP contribution in [0.2, 0.25) is 0 Å². The summed E-state index contributed by atoms with van der Waals surface area (Å²) in [4.78, 5) is 11.7. The van der Waals surface area contributed by atoms with Crippen molar-refractivity contribution in [2.45, 2.75) is 13.5 Å². The van der Waals surface area contributed by atoms with E-state index in [0.717, 1.165) is 60.7 Å². The molecule has 1 fully saturated rings. The third kappa shape index (κ3) is 3.20. The van der Waals surface area contributed by atoms with Gasteiger partial charge in [0.05, 0.1) is 24.4 Å². The van der Waals surface area contributed by atoms with Crippen LogP contribution in [0.3, 0.4) is 0 Å². The maximum absolute atomic E-state index is 5.71. The number of hydrogen-bond acceptors (Lipinski definition) is 5. The number of benzene rings is 2. The van der Waals surface area contributed by atoms with E-state index in [2.05, 4.69) is 40.2 Å². The zero-order valence-electron chi connectivity index (χ0n) is 15.3. The number of nitrogens with zero attached hydrogens (tertiary/aromatic N) is 3. The van der Waals surface area contributed by atoms with E-state index in [9.17, 15) is 0 Å². The van der Waals surface area contributed by atoms with E-state index in [1.54, 1.807) is 0 Å². The second kappa shape index (κ2) is 6.76. The highest BCUT2D eigenvalue weighted by Gasteiger charge is 2.15. The smallest absolute Gasteiger partial charge is 0.192 e. The van der Waals surface area contributed by atoms with Crippen LogP contribution in [-0.4, -0.2) is 41.2 Å². The Hall–Kier alpha value is -2.76. The Balaban J connectivity index is 1.60. The first-order valence-corrected chi connectivity index (χ1v) is 9.32. The van der Waals surface area contributed by atoms with Gasteiger partial charge in [-0.1, -0.05) is 24.3 Å². The summed E-state index contributed by atoms with van der Waals surface area (Å²) < 4.78 is 11.2. The van der Waals surface area contributed by atoms with Gasteiger partial charge < -0.3 is 9.15 Å². The fourth-order valence-electron chi connectivity index (χ4n) is 3.73. The summed E-state index contributed by atoms with van der Waals surface area (Å²) in [6.07, 6.45) is 0. The van der Waals surface area contributed by atoms with Crippen LogP contribution in [0, 0.1) is 6.92 Å². The summed E-state index contributed by atoms with van der Waals surface area (Å²) in [7, 11) is 0. The van der Waals surface area contributed by atoms with Crippen LogP contribution < -0.4 is 0 Å². The number of aryl methyl sites for hydroxylation is 1. The molecule has 0 spiro atoms. The summed E-state index contributed by atoms with van der Waals surface area (Å²) in [5, 5.41) is 1.21. The molecule has 0 aliphatic carbocycles. The quantitative estimate of drug-likeness (QED) is 0.549. The van der Waals surface area contributed by atoms with Crippen LogP contribution in [0.1, 0.15) is 11.5 Å². The molecular weight excluding hydrogens is 338 g/mol. The Morgan fingerprint density at radius 2 is 1.81 bits per heavy atom. The van der Waals surface area contributed by atoms with Gasteiger partial charge in [0.1, 0.15) is 5.52 Å². The molecule has 2 aromatic heterocycles. The minimum Gasteiger partial charge on any atom is -0.441 e. The molecule has 4 aromatic rings. The van der Waals surface area contributed by atoms with Gasteiger partial charge in [0.2, 0.25) is 0 Å². The van der Waals surface area contributed by atoms with Crippen molar-refractivity contribution in [3.63, 3.8) is 0 Å². The van der Waals surface area contributed by atoms with Crippen molar-refractivity contribution in [1.82, 2.24) is 14.9 Å². The maximum atomic E-state index is 5.71. The fourth-order valence-corrected chi connectivity index (χ4v) is 3.73. The van der Waals surface area contributed by atoms with Gasteiger partial charge >= 0.3 is 0 Å². The molecule has 0 N–H and O–H groups in total. The molecule has 0 bridgehead atoms. The Morgan fingerprint density at radius 1 is 0.963 bits per heavy atom. The van der Waals surface area contributed by atoms with E-state index in [-0.39, 0.29) is 0 Å². The average Bonchev–Trinajstić information content (AvgIpc) is 3.08. The molecular formula is C22H21N3O2. The molecule has 1 aliphatic heterocycles. The molecule has 0 radical (unpaired) electrons. The molecule has 0 amide bonds. The van der Waals surface area contributed by atoms with Crippen molar-refractivity contribution >= 4 is 22.0 Å². The first kappa shape index (κ1) is 16.4. The first-order chi connectivity index (χ1) is 13.3. The third-order valence-electron chi connectivity index (χ3n) is 5.09. The van der Waals surface area contributed by atoms with Crippen molar-refractivity contribution in [2.24, 2.45) is 0 Å². The van der Waals surface area contributed by atoms with Crippen molar-refractivity contribution in [3.8, 4) is 11.3 Å².